The van der Waals surface area contributed by atoms with E-state index in [4.69, 9.17) is 0 Å². The largest absolute Gasteiger partial charge is 0.316 e. The van der Waals surface area contributed by atoms with E-state index in [1.54, 1.807) is 7.05 Å². The van der Waals surface area contributed by atoms with Gasteiger partial charge in [0.05, 0.1) is 6.20 Å². The number of nitrogens with zero attached hydrogens (tertiary/aromatic N) is 3. The number of rotatable bonds is 3. The Morgan fingerprint density at radius 3 is 2.81 bits per heavy atom. The van der Waals surface area contributed by atoms with Gasteiger partial charge in [-0.1, -0.05) is 0 Å². The van der Waals surface area contributed by atoms with Crippen molar-refractivity contribution in [1.29, 1.82) is 0 Å². The zero-order valence-corrected chi connectivity index (χ0v) is 10.2. The minimum Gasteiger partial charge on any atom is -0.316 e. The van der Waals surface area contributed by atoms with Gasteiger partial charge in [0.25, 0.3) is 0 Å². The summed E-state index contributed by atoms with van der Waals surface area (Å²) in [7, 11) is 0.209. The van der Waals surface area contributed by atoms with Crippen LogP contribution in [0.15, 0.2) is 17.3 Å². The maximum Gasteiger partial charge on any atom is 0.246 e. The molecule has 0 radical (unpaired) electrons. The Morgan fingerprint density at radius 2 is 2.31 bits per heavy atom. The number of hydrogen-bond donors (Lipinski definition) is 1. The van der Waals surface area contributed by atoms with Gasteiger partial charge >= 0.3 is 0 Å². The molecular formula is C9H16N4O2S. The molecule has 1 fully saturated rings. The standard InChI is InChI=1S/C9H16N4O2S/c1-10-8-3-4-13(6-8)16(14,15)9-5-11-12(2)7-9/h5,7-8,10H,3-4,6H2,1-2H3. The smallest absolute Gasteiger partial charge is 0.246 e. The number of nitrogens with one attached hydrogen (secondary N) is 1. The number of aryl methyl sites for hydroxylation is 1. The van der Waals surface area contributed by atoms with Gasteiger partial charge in [-0.2, -0.15) is 9.40 Å². The molecule has 1 aliphatic heterocycles. The Hall–Kier alpha value is -0.920. The molecule has 0 amide bonds. The highest BCUT2D eigenvalue weighted by Gasteiger charge is 2.32. The van der Waals surface area contributed by atoms with Crippen molar-refractivity contribution in [3.05, 3.63) is 12.4 Å². The van der Waals surface area contributed by atoms with Crippen LogP contribution in [-0.2, 0) is 17.1 Å². The van der Waals surface area contributed by atoms with Crippen LogP contribution in [-0.4, -0.2) is 48.7 Å². The van der Waals surface area contributed by atoms with Crippen LogP contribution in [0.1, 0.15) is 6.42 Å². The molecule has 0 aliphatic carbocycles. The second-order valence-corrected chi connectivity index (χ2v) is 5.92. The topological polar surface area (TPSA) is 67.2 Å². The van der Waals surface area contributed by atoms with Crippen molar-refractivity contribution in [3.8, 4) is 0 Å². The third kappa shape index (κ3) is 1.98. The van der Waals surface area contributed by atoms with E-state index in [-0.39, 0.29) is 10.9 Å². The summed E-state index contributed by atoms with van der Waals surface area (Å²) in [5.41, 5.74) is 0. The quantitative estimate of drug-likeness (QED) is 0.771. The van der Waals surface area contributed by atoms with Crippen LogP contribution in [0, 0.1) is 0 Å². The number of sulfonamides is 1. The number of hydrogen-bond acceptors (Lipinski definition) is 4. The number of likely N-dealkylation sites (N-methyl/N-ethyl adjacent to an activating group) is 1. The lowest BCUT2D eigenvalue weighted by molar-refractivity contribution is 0.464. The fourth-order valence-electron chi connectivity index (χ4n) is 1.86. The second-order valence-electron chi connectivity index (χ2n) is 3.99. The monoisotopic (exact) mass is 244 g/mol. The van der Waals surface area contributed by atoms with Crippen molar-refractivity contribution < 1.29 is 8.42 Å². The minimum atomic E-state index is -3.35. The molecule has 6 nitrogen and oxygen atoms in total. The second kappa shape index (κ2) is 4.15. The molecule has 1 aliphatic rings. The maximum atomic E-state index is 12.2. The Labute approximate surface area is 95.3 Å². The lowest BCUT2D eigenvalue weighted by atomic mass is 10.3. The van der Waals surface area contributed by atoms with Gasteiger partial charge in [-0.05, 0) is 13.5 Å². The van der Waals surface area contributed by atoms with Gasteiger partial charge in [-0.25, -0.2) is 8.42 Å². The van der Waals surface area contributed by atoms with Crippen molar-refractivity contribution in [2.45, 2.75) is 17.4 Å². The molecule has 7 heteroatoms. The fourth-order valence-corrected chi connectivity index (χ4v) is 3.35. The van der Waals surface area contributed by atoms with E-state index in [0.29, 0.717) is 13.1 Å². The molecule has 1 unspecified atom stereocenters. The van der Waals surface area contributed by atoms with Crippen molar-refractivity contribution in [2.24, 2.45) is 7.05 Å². The minimum absolute atomic E-state index is 0.256. The zero-order valence-electron chi connectivity index (χ0n) is 9.42. The zero-order chi connectivity index (χ0) is 11.8. The molecule has 1 aromatic heterocycles. The molecule has 1 saturated heterocycles. The summed E-state index contributed by atoms with van der Waals surface area (Å²) >= 11 is 0. The molecular weight excluding hydrogens is 228 g/mol. The Bertz CT molecular complexity index is 468. The summed E-state index contributed by atoms with van der Waals surface area (Å²) in [4.78, 5) is 0.270. The third-order valence-corrected chi connectivity index (χ3v) is 4.70. The van der Waals surface area contributed by atoms with Crippen LogP contribution >= 0.6 is 0 Å². The summed E-state index contributed by atoms with van der Waals surface area (Å²) in [6.45, 7) is 1.11. The van der Waals surface area contributed by atoms with E-state index in [2.05, 4.69) is 10.4 Å². The first-order valence-electron chi connectivity index (χ1n) is 5.20. The Kier molecular flexibility index (Phi) is 3.00. The molecule has 0 saturated carbocycles. The molecule has 2 rings (SSSR count). The SMILES string of the molecule is CNC1CCN(S(=O)(=O)c2cnn(C)c2)C1. The molecule has 2 heterocycles. The van der Waals surface area contributed by atoms with Gasteiger partial charge in [-0.15, -0.1) is 0 Å². The highest BCUT2D eigenvalue weighted by atomic mass is 32.2. The third-order valence-electron chi connectivity index (χ3n) is 2.88. The van der Waals surface area contributed by atoms with Gasteiger partial charge < -0.3 is 5.32 Å². The molecule has 0 aromatic carbocycles. The van der Waals surface area contributed by atoms with Crippen LogP contribution < -0.4 is 5.32 Å². The van der Waals surface area contributed by atoms with Crippen molar-refractivity contribution in [2.75, 3.05) is 20.1 Å². The van der Waals surface area contributed by atoms with Gasteiger partial charge in [0.2, 0.25) is 10.0 Å². The molecule has 16 heavy (non-hydrogen) atoms. The van der Waals surface area contributed by atoms with Crippen LogP contribution in [0.25, 0.3) is 0 Å². The van der Waals surface area contributed by atoms with E-state index < -0.39 is 10.0 Å². The van der Waals surface area contributed by atoms with Crippen LogP contribution in [0.2, 0.25) is 0 Å². The van der Waals surface area contributed by atoms with Crippen LogP contribution in [0.4, 0.5) is 0 Å². The predicted octanol–water partition coefficient (Wildman–Crippen LogP) is -0.597. The van der Waals surface area contributed by atoms with E-state index >= 15 is 0 Å². The average molecular weight is 244 g/mol. The van der Waals surface area contributed by atoms with Gasteiger partial charge in [0, 0.05) is 32.4 Å². The number of aromatic nitrogens is 2. The molecule has 0 spiro atoms. The molecule has 1 N–H and O–H groups in total. The van der Waals surface area contributed by atoms with Crippen molar-refractivity contribution in [3.63, 3.8) is 0 Å². The predicted molar refractivity (Wildman–Crippen MR) is 59.4 cm³/mol. The molecule has 0 bridgehead atoms. The van der Waals surface area contributed by atoms with E-state index in [1.165, 1.54) is 21.4 Å². The van der Waals surface area contributed by atoms with Crippen molar-refractivity contribution >= 4 is 10.0 Å². The normalized spacial score (nSPS) is 22.8. The average Bonchev–Trinajstić information content (AvgIpc) is 2.85. The maximum absolute atomic E-state index is 12.2. The Morgan fingerprint density at radius 1 is 1.56 bits per heavy atom. The first-order valence-corrected chi connectivity index (χ1v) is 6.64. The van der Waals surface area contributed by atoms with Gasteiger partial charge in [0.15, 0.2) is 0 Å². The highest BCUT2D eigenvalue weighted by Crippen LogP contribution is 2.20. The van der Waals surface area contributed by atoms with Crippen LogP contribution in [0.5, 0.6) is 0 Å². The van der Waals surface area contributed by atoms with Gasteiger partial charge in [0.1, 0.15) is 4.90 Å². The van der Waals surface area contributed by atoms with E-state index in [0.717, 1.165) is 6.42 Å². The summed E-state index contributed by atoms with van der Waals surface area (Å²) < 4.78 is 27.3. The fraction of sp³-hybridized carbons (Fsp3) is 0.667. The summed E-state index contributed by atoms with van der Waals surface area (Å²) in [6.07, 6.45) is 3.78. The summed E-state index contributed by atoms with van der Waals surface area (Å²) in [5.74, 6) is 0. The Balaban J connectivity index is 2.21. The first-order chi connectivity index (χ1) is 7.54. The first kappa shape index (κ1) is 11.6. The molecule has 1 atom stereocenters. The van der Waals surface area contributed by atoms with Crippen LogP contribution in [0.3, 0.4) is 0 Å². The van der Waals surface area contributed by atoms with Gasteiger partial charge in [-0.3, -0.25) is 4.68 Å². The molecule has 1 aromatic rings. The highest BCUT2D eigenvalue weighted by molar-refractivity contribution is 7.89. The summed E-state index contributed by atoms with van der Waals surface area (Å²) in [6, 6.07) is 0.256. The lowest BCUT2D eigenvalue weighted by Crippen LogP contribution is -2.33. The summed E-state index contributed by atoms with van der Waals surface area (Å²) in [5, 5.41) is 6.98. The van der Waals surface area contributed by atoms with E-state index in [1.807, 2.05) is 7.05 Å². The van der Waals surface area contributed by atoms with Crippen molar-refractivity contribution in [1.82, 2.24) is 19.4 Å². The van der Waals surface area contributed by atoms with E-state index in [9.17, 15) is 8.42 Å². The molecule has 90 valence electrons. The lowest BCUT2D eigenvalue weighted by Gasteiger charge is -2.14.